The molecule has 0 nitrogen and oxygen atoms in total. The van der Waals surface area contributed by atoms with Crippen molar-refractivity contribution >= 4 is 25.5 Å². The van der Waals surface area contributed by atoms with E-state index in [0.29, 0.717) is 0 Å². The summed E-state index contributed by atoms with van der Waals surface area (Å²) in [5.41, 5.74) is 1.40. The summed E-state index contributed by atoms with van der Waals surface area (Å²) in [4.78, 5) is 0. The summed E-state index contributed by atoms with van der Waals surface area (Å²) in [5.74, 6) is 0. The van der Waals surface area contributed by atoms with Crippen molar-refractivity contribution in [1.82, 2.24) is 0 Å². The van der Waals surface area contributed by atoms with Crippen molar-refractivity contribution in [2.75, 3.05) is 0 Å². The molecule has 138 valence electrons. The van der Waals surface area contributed by atoms with Crippen LogP contribution in [0.4, 0.5) is 0 Å². The van der Waals surface area contributed by atoms with Crippen LogP contribution in [-0.4, -0.2) is 18.4 Å². The Balaban J connectivity index is 2.36. The molecule has 1 heteroatoms. The Morgan fingerprint density at radius 1 is 0.778 bits per heavy atom. The SMILES string of the molecule is C=C[C](C)(c1ccccc1)[Sn]([CH2]CCC)([c]1ccccc1)[c]1ccccc1. The van der Waals surface area contributed by atoms with Gasteiger partial charge in [-0.25, -0.2) is 0 Å². The van der Waals surface area contributed by atoms with E-state index in [1.165, 1.54) is 22.8 Å². The van der Waals surface area contributed by atoms with E-state index in [1.54, 1.807) is 7.16 Å². The first kappa shape index (κ1) is 19.9. The Bertz CT molecular complexity index is 800. The first-order chi connectivity index (χ1) is 13.2. The van der Waals surface area contributed by atoms with Gasteiger partial charge >= 0.3 is 169 Å². The molecular formula is C26H30Sn. The summed E-state index contributed by atoms with van der Waals surface area (Å²) in [5, 5.41) is 0. The predicted octanol–water partition coefficient (Wildman–Crippen LogP) is 5.73. The van der Waals surface area contributed by atoms with Gasteiger partial charge in [-0.1, -0.05) is 0 Å². The van der Waals surface area contributed by atoms with Crippen molar-refractivity contribution in [3.8, 4) is 0 Å². The fourth-order valence-electron chi connectivity index (χ4n) is 4.52. The Morgan fingerprint density at radius 2 is 1.22 bits per heavy atom. The van der Waals surface area contributed by atoms with Gasteiger partial charge in [0.1, 0.15) is 0 Å². The molecule has 3 aromatic rings. The van der Waals surface area contributed by atoms with E-state index in [1.807, 2.05) is 0 Å². The molecule has 0 aliphatic rings. The van der Waals surface area contributed by atoms with Crippen LogP contribution in [0.25, 0.3) is 0 Å². The van der Waals surface area contributed by atoms with Gasteiger partial charge in [-0.05, 0) is 0 Å². The molecule has 0 fully saturated rings. The van der Waals surface area contributed by atoms with Crippen LogP contribution >= 0.6 is 0 Å². The van der Waals surface area contributed by atoms with Crippen molar-refractivity contribution in [3.63, 3.8) is 0 Å². The van der Waals surface area contributed by atoms with E-state index in [-0.39, 0.29) is 3.43 Å². The van der Waals surface area contributed by atoms with Crippen LogP contribution in [0.1, 0.15) is 32.3 Å². The molecule has 27 heavy (non-hydrogen) atoms. The molecule has 0 aromatic heterocycles. The molecular weight excluding hydrogens is 431 g/mol. The molecule has 0 bridgehead atoms. The number of benzene rings is 3. The van der Waals surface area contributed by atoms with Crippen molar-refractivity contribution in [1.29, 1.82) is 0 Å². The number of hydrogen-bond donors (Lipinski definition) is 0. The van der Waals surface area contributed by atoms with Gasteiger partial charge in [-0.2, -0.15) is 0 Å². The van der Waals surface area contributed by atoms with Crippen molar-refractivity contribution < 1.29 is 0 Å². The standard InChI is InChI=1S/C10H11.2C6H5.C4H9.Sn/c1-3-9(2)10-7-5-4-6-8-10;2*1-2-4-6-5-3-1;1-3-4-2;/h3-8H,1H2,2H3;2*1-5H;1,3-4H2,2H3;. The van der Waals surface area contributed by atoms with Gasteiger partial charge < -0.3 is 0 Å². The Morgan fingerprint density at radius 3 is 1.63 bits per heavy atom. The molecule has 0 amide bonds. The molecule has 0 saturated carbocycles. The molecule has 1 unspecified atom stereocenters. The van der Waals surface area contributed by atoms with E-state index < -0.39 is 18.4 Å². The zero-order valence-corrected chi connectivity index (χ0v) is 19.4. The molecule has 3 rings (SSSR count). The molecule has 0 aliphatic heterocycles. The quantitative estimate of drug-likeness (QED) is 0.297. The summed E-state index contributed by atoms with van der Waals surface area (Å²) in [6.45, 7) is 9.14. The van der Waals surface area contributed by atoms with Crippen LogP contribution in [0.2, 0.25) is 4.44 Å². The zero-order valence-electron chi connectivity index (χ0n) is 16.6. The first-order valence-corrected chi connectivity index (χ1v) is 16.3. The van der Waals surface area contributed by atoms with Crippen LogP contribution in [0.15, 0.2) is 104 Å². The molecule has 1 atom stereocenters. The molecule has 0 heterocycles. The molecule has 0 radical (unpaired) electrons. The normalized spacial score (nSPS) is 13.7. The van der Waals surface area contributed by atoms with Gasteiger partial charge in [0.05, 0.1) is 0 Å². The fraction of sp³-hybridized carbons (Fsp3) is 0.231. The van der Waals surface area contributed by atoms with Gasteiger partial charge in [0, 0.05) is 0 Å². The van der Waals surface area contributed by atoms with Crippen LogP contribution in [0.5, 0.6) is 0 Å². The fourth-order valence-corrected chi connectivity index (χ4v) is 21.8. The minimum absolute atomic E-state index is 0.0200. The van der Waals surface area contributed by atoms with E-state index in [9.17, 15) is 0 Å². The van der Waals surface area contributed by atoms with Gasteiger partial charge in [-0.3, -0.25) is 0 Å². The summed E-state index contributed by atoms with van der Waals surface area (Å²) in [6.07, 6.45) is 4.74. The summed E-state index contributed by atoms with van der Waals surface area (Å²) >= 11 is -3.21. The van der Waals surface area contributed by atoms with E-state index in [2.05, 4.69) is 117 Å². The van der Waals surface area contributed by atoms with Crippen LogP contribution in [-0.2, 0) is 3.43 Å². The number of unbranched alkanes of at least 4 members (excludes halogenated alkanes) is 1. The zero-order chi connectivity index (χ0) is 19.2. The molecule has 0 aliphatic carbocycles. The van der Waals surface area contributed by atoms with Gasteiger partial charge in [0.25, 0.3) is 0 Å². The van der Waals surface area contributed by atoms with Crippen molar-refractivity contribution in [2.24, 2.45) is 0 Å². The second-order valence-corrected chi connectivity index (χ2v) is 20.4. The van der Waals surface area contributed by atoms with Crippen LogP contribution < -0.4 is 7.16 Å². The third kappa shape index (κ3) is 3.64. The van der Waals surface area contributed by atoms with Gasteiger partial charge in [0.2, 0.25) is 0 Å². The maximum atomic E-state index is 4.39. The topological polar surface area (TPSA) is 0 Å². The Kier molecular flexibility index (Phi) is 6.59. The number of allylic oxidation sites excluding steroid dienone is 1. The summed E-state index contributed by atoms with van der Waals surface area (Å²) in [7, 11) is 0. The maximum absolute atomic E-state index is 4.39. The average Bonchev–Trinajstić information content (AvgIpc) is 2.76. The predicted molar refractivity (Wildman–Crippen MR) is 122 cm³/mol. The average molecular weight is 461 g/mol. The monoisotopic (exact) mass is 462 g/mol. The van der Waals surface area contributed by atoms with Gasteiger partial charge in [-0.15, -0.1) is 0 Å². The third-order valence-electron chi connectivity index (χ3n) is 6.11. The van der Waals surface area contributed by atoms with Crippen molar-refractivity contribution in [3.05, 3.63) is 109 Å². The van der Waals surface area contributed by atoms with Crippen LogP contribution in [0.3, 0.4) is 0 Å². The second kappa shape index (κ2) is 8.93. The van der Waals surface area contributed by atoms with E-state index in [0.717, 1.165) is 0 Å². The van der Waals surface area contributed by atoms with E-state index in [4.69, 9.17) is 0 Å². The Hall–Kier alpha value is -1.80. The molecule has 0 N–H and O–H groups in total. The van der Waals surface area contributed by atoms with Crippen molar-refractivity contribution in [2.45, 2.75) is 34.6 Å². The molecule has 0 saturated heterocycles. The number of rotatable bonds is 8. The second-order valence-electron chi connectivity index (χ2n) is 7.51. The number of hydrogen-bond acceptors (Lipinski definition) is 0. The molecule has 0 spiro atoms. The third-order valence-corrected chi connectivity index (χ3v) is 23.3. The summed E-state index contributed by atoms with van der Waals surface area (Å²) < 4.78 is 4.40. The molecule has 3 aromatic carbocycles. The first-order valence-electron chi connectivity index (χ1n) is 9.99. The van der Waals surface area contributed by atoms with E-state index >= 15 is 0 Å². The Labute approximate surface area is 168 Å². The van der Waals surface area contributed by atoms with Gasteiger partial charge in [0.15, 0.2) is 0 Å². The summed E-state index contributed by atoms with van der Waals surface area (Å²) in [6, 6.07) is 33.7. The van der Waals surface area contributed by atoms with Crippen LogP contribution in [0, 0.1) is 0 Å². The minimum atomic E-state index is -3.21.